The second kappa shape index (κ2) is 15.8. The van der Waals surface area contributed by atoms with Crippen molar-refractivity contribution < 1.29 is 61.7 Å². The molecule has 53 heavy (non-hydrogen) atoms. The van der Waals surface area contributed by atoms with Crippen molar-refractivity contribution in [1.29, 1.82) is 0 Å². The Morgan fingerprint density at radius 2 is 0.925 bits per heavy atom. The van der Waals surface area contributed by atoms with E-state index >= 15 is 0 Å². The lowest BCUT2D eigenvalue weighted by atomic mass is 9.88. The Morgan fingerprint density at radius 1 is 0.491 bits per heavy atom. The van der Waals surface area contributed by atoms with Crippen LogP contribution in [0, 0.1) is 0 Å². The van der Waals surface area contributed by atoms with Gasteiger partial charge in [-0.05, 0) is 59.7 Å². The Hall–Kier alpha value is -5.82. The fraction of sp³-hybridized carbons (Fsp3) is 0.350. The molecule has 0 saturated heterocycles. The predicted molar refractivity (Wildman–Crippen MR) is 189 cm³/mol. The molecule has 280 valence electrons. The van der Waals surface area contributed by atoms with Crippen LogP contribution in [0.3, 0.4) is 0 Å². The summed E-state index contributed by atoms with van der Waals surface area (Å²) in [6.07, 6.45) is -6.02. The van der Waals surface area contributed by atoms with E-state index in [0.717, 1.165) is 0 Å². The van der Waals surface area contributed by atoms with Crippen LogP contribution in [-0.4, -0.2) is 66.8 Å². The van der Waals surface area contributed by atoms with Gasteiger partial charge in [-0.1, -0.05) is 24.3 Å². The third-order valence-electron chi connectivity index (χ3n) is 9.14. The standard InChI is InChI=1S/C40H42O13/c1-21(41)49-35-27-17-19-29(45-5)37(47-7)33(27)52-32(24-11-15-26(44-4)16-12-24)40(35)53-36-28-18-20-30(46-6)38(48-8)34(28)51-31(39(36)50-22(2)42)23-9-13-25(43-3)14-10-23/h9-20,31-32,35-36,39-40H,1-8H3/t31-,32-,35+,36+,39+,40+/m1/s1. The van der Waals surface area contributed by atoms with Crippen molar-refractivity contribution in [3.8, 4) is 46.0 Å². The first-order valence-electron chi connectivity index (χ1n) is 16.8. The first-order chi connectivity index (χ1) is 25.6. The molecule has 0 amide bonds. The average Bonchev–Trinajstić information content (AvgIpc) is 3.17. The maximum Gasteiger partial charge on any atom is 0.303 e. The Bertz CT molecular complexity index is 1920. The minimum atomic E-state index is -1.06. The van der Waals surface area contributed by atoms with E-state index in [-0.39, 0.29) is 0 Å². The van der Waals surface area contributed by atoms with Gasteiger partial charge in [0, 0.05) is 25.0 Å². The van der Waals surface area contributed by atoms with Crippen LogP contribution in [0.5, 0.6) is 46.0 Å². The number of ether oxygens (including phenoxy) is 11. The highest BCUT2D eigenvalue weighted by Gasteiger charge is 2.51. The van der Waals surface area contributed by atoms with Crippen molar-refractivity contribution in [1.82, 2.24) is 0 Å². The summed E-state index contributed by atoms with van der Waals surface area (Å²) >= 11 is 0. The minimum Gasteiger partial charge on any atom is -0.497 e. The zero-order chi connectivity index (χ0) is 37.8. The molecule has 0 unspecified atom stereocenters. The second-order valence-corrected chi connectivity index (χ2v) is 12.2. The molecule has 6 atom stereocenters. The molecule has 0 radical (unpaired) electrons. The first-order valence-corrected chi connectivity index (χ1v) is 16.8. The Kier molecular flexibility index (Phi) is 11.0. The zero-order valence-corrected chi connectivity index (χ0v) is 30.7. The van der Waals surface area contributed by atoms with Crippen LogP contribution in [0.4, 0.5) is 0 Å². The number of carbonyl (C=O) groups excluding carboxylic acids is 2. The molecule has 6 rings (SSSR count). The van der Waals surface area contributed by atoms with E-state index in [0.29, 0.717) is 68.2 Å². The van der Waals surface area contributed by atoms with Gasteiger partial charge in [-0.2, -0.15) is 0 Å². The molecule has 2 heterocycles. The number of rotatable bonds is 12. The molecule has 2 aliphatic heterocycles. The molecule has 0 N–H and O–H groups in total. The lowest BCUT2D eigenvalue weighted by Crippen LogP contribution is -2.45. The molecule has 0 fully saturated rings. The van der Waals surface area contributed by atoms with Gasteiger partial charge in [0.1, 0.15) is 23.7 Å². The molecule has 0 bridgehead atoms. The molecule has 13 heteroatoms. The van der Waals surface area contributed by atoms with Crippen LogP contribution in [0.2, 0.25) is 0 Å². The van der Waals surface area contributed by atoms with E-state index in [1.807, 2.05) is 24.3 Å². The number of esters is 2. The molecule has 0 saturated carbocycles. The van der Waals surface area contributed by atoms with Gasteiger partial charge in [0.15, 0.2) is 47.4 Å². The maximum atomic E-state index is 12.9. The van der Waals surface area contributed by atoms with Gasteiger partial charge in [-0.3, -0.25) is 9.59 Å². The van der Waals surface area contributed by atoms with Crippen LogP contribution in [0.1, 0.15) is 60.5 Å². The summed E-state index contributed by atoms with van der Waals surface area (Å²) in [6, 6.07) is 21.3. The lowest BCUT2D eigenvalue weighted by molar-refractivity contribution is -0.207. The molecular weight excluding hydrogens is 688 g/mol. The summed E-state index contributed by atoms with van der Waals surface area (Å²) < 4.78 is 66.5. The van der Waals surface area contributed by atoms with Gasteiger partial charge < -0.3 is 52.1 Å². The summed E-state index contributed by atoms with van der Waals surface area (Å²) in [4.78, 5) is 25.8. The Morgan fingerprint density at radius 3 is 1.32 bits per heavy atom. The number of carbonyl (C=O) groups is 2. The van der Waals surface area contributed by atoms with Crippen molar-refractivity contribution in [2.45, 2.75) is 50.5 Å². The van der Waals surface area contributed by atoms with Gasteiger partial charge in [0.05, 0.1) is 42.7 Å². The highest BCUT2D eigenvalue weighted by molar-refractivity contribution is 5.68. The molecular formula is C40H42O13. The highest BCUT2D eigenvalue weighted by atomic mass is 16.6. The minimum absolute atomic E-state index is 0.309. The van der Waals surface area contributed by atoms with Crippen molar-refractivity contribution in [2.24, 2.45) is 0 Å². The zero-order valence-electron chi connectivity index (χ0n) is 30.7. The first kappa shape index (κ1) is 37.0. The topological polar surface area (TPSA) is 136 Å². The normalized spacial score (nSPS) is 21.4. The van der Waals surface area contributed by atoms with Gasteiger partial charge in [0.25, 0.3) is 0 Å². The van der Waals surface area contributed by atoms with E-state index in [2.05, 4.69) is 0 Å². The van der Waals surface area contributed by atoms with Crippen LogP contribution >= 0.6 is 0 Å². The van der Waals surface area contributed by atoms with E-state index in [9.17, 15) is 9.59 Å². The lowest BCUT2D eigenvalue weighted by Gasteiger charge is -2.44. The fourth-order valence-corrected chi connectivity index (χ4v) is 6.77. The molecule has 4 aromatic carbocycles. The Labute approximate surface area is 307 Å². The molecule has 0 aliphatic carbocycles. The van der Waals surface area contributed by atoms with Gasteiger partial charge in [-0.25, -0.2) is 0 Å². The number of fused-ring (bicyclic) bond motifs is 2. The van der Waals surface area contributed by atoms with Crippen molar-refractivity contribution in [2.75, 3.05) is 42.7 Å². The van der Waals surface area contributed by atoms with Crippen LogP contribution in [0.25, 0.3) is 0 Å². The van der Waals surface area contributed by atoms with Crippen LogP contribution < -0.4 is 37.9 Å². The third kappa shape index (κ3) is 7.16. The van der Waals surface area contributed by atoms with Crippen molar-refractivity contribution >= 4 is 11.9 Å². The van der Waals surface area contributed by atoms with Gasteiger partial charge >= 0.3 is 11.9 Å². The Balaban J connectivity index is 1.58. The third-order valence-corrected chi connectivity index (χ3v) is 9.14. The van der Waals surface area contributed by atoms with Crippen molar-refractivity contribution in [3.05, 3.63) is 95.1 Å². The summed E-state index contributed by atoms with van der Waals surface area (Å²) in [5, 5.41) is 0. The molecule has 0 spiro atoms. The number of methoxy groups -OCH3 is 6. The van der Waals surface area contributed by atoms with E-state index in [1.54, 1.807) is 62.8 Å². The summed E-state index contributed by atoms with van der Waals surface area (Å²) in [5.41, 5.74) is 2.29. The number of hydrogen-bond acceptors (Lipinski definition) is 13. The van der Waals surface area contributed by atoms with E-state index in [1.165, 1.54) is 42.3 Å². The smallest absolute Gasteiger partial charge is 0.303 e. The van der Waals surface area contributed by atoms with E-state index < -0.39 is 48.6 Å². The fourth-order valence-electron chi connectivity index (χ4n) is 6.77. The monoisotopic (exact) mass is 730 g/mol. The number of benzene rings is 4. The molecule has 0 aromatic heterocycles. The summed E-state index contributed by atoms with van der Waals surface area (Å²) in [5.74, 6) is 2.18. The van der Waals surface area contributed by atoms with Crippen molar-refractivity contribution in [3.63, 3.8) is 0 Å². The molecule has 4 aromatic rings. The largest absolute Gasteiger partial charge is 0.497 e. The number of hydrogen-bond donors (Lipinski definition) is 0. The highest BCUT2D eigenvalue weighted by Crippen LogP contribution is 2.56. The SMILES string of the molecule is COc1ccc([C@H]2Oc3c(ccc(OC)c3OC)[C@H](OC(C)=O)[C@H]2O[C@H]2c3ccc(OC)c(OC)c3O[C@H](c3ccc(OC)cc3)[C@@H]2OC(C)=O)cc1. The van der Waals surface area contributed by atoms with Crippen LogP contribution in [-0.2, 0) is 23.8 Å². The van der Waals surface area contributed by atoms with E-state index in [4.69, 9.17) is 52.1 Å². The van der Waals surface area contributed by atoms with Gasteiger partial charge in [-0.15, -0.1) is 0 Å². The molecule has 2 aliphatic rings. The quantitative estimate of drug-likeness (QED) is 0.144. The summed E-state index contributed by atoms with van der Waals surface area (Å²) in [6.45, 7) is 2.63. The predicted octanol–water partition coefficient (Wildman–Crippen LogP) is 6.67. The maximum absolute atomic E-state index is 12.9. The average molecular weight is 731 g/mol. The van der Waals surface area contributed by atoms with Gasteiger partial charge in [0.2, 0.25) is 11.5 Å². The molecule has 13 nitrogen and oxygen atoms in total. The summed E-state index contributed by atoms with van der Waals surface area (Å²) in [7, 11) is 9.18. The van der Waals surface area contributed by atoms with Crippen LogP contribution in [0.15, 0.2) is 72.8 Å². The second-order valence-electron chi connectivity index (χ2n) is 12.2.